The number of nitrogens with zero attached hydrogens (tertiary/aromatic N) is 3. The van der Waals surface area contributed by atoms with E-state index in [1.807, 2.05) is 26.0 Å². The van der Waals surface area contributed by atoms with Crippen LogP contribution in [0.5, 0.6) is 5.75 Å². The van der Waals surface area contributed by atoms with Gasteiger partial charge in [0.15, 0.2) is 0 Å². The molecule has 2 unspecified atom stereocenters. The average molecular weight is 752 g/mol. The smallest absolute Gasteiger partial charge is 0.289 e. The molecule has 0 spiro atoms. The summed E-state index contributed by atoms with van der Waals surface area (Å²) in [5.41, 5.74) is 17.5. The summed E-state index contributed by atoms with van der Waals surface area (Å²) < 4.78 is 5.24. The number of amides is 4. The van der Waals surface area contributed by atoms with Crippen molar-refractivity contribution in [1.82, 2.24) is 30.8 Å². The van der Waals surface area contributed by atoms with Crippen LogP contribution in [0.15, 0.2) is 48.3 Å². The van der Waals surface area contributed by atoms with E-state index in [1.54, 1.807) is 24.4 Å². The Morgan fingerprint density at radius 1 is 1.13 bits per heavy atom. The van der Waals surface area contributed by atoms with Crippen LogP contribution in [0.1, 0.15) is 67.3 Å². The Morgan fingerprint density at radius 2 is 1.85 bits per heavy atom. The third-order valence-corrected chi connectivity index (χ3v) is 8.73. The maximum absolute atomic E-state index is 12.4. The molecule has 16 heteroatoms. The van der Waals surface area contributed by atoms with Crippen molar-refractivity contribution in [1.29, 1.82) is 0 Å². The fourth-order valence-electron chi connectivity index (χ4n) is 6.04. The molecule has 2 atom stereocenters. The summed E-state index contributed by atoms with van der Waals surface area (Å²) in [4.78, 5) is 69.8. The number of rotatable bonds is 12. The average Bonchev–Trinajstić information content (AvgIpc) is 3.90. The molecule has 0 radical (unpaired) electrons. The Morgan fingerprint density at radius 3 is 2.44 bits per heavy atom. The molecule has 9 N–H and O–H groups in total. The van der Waals surface area contributed by atoms with Crippen molar-refractivity contribution in [2.24, 2.45) is 17.3 Å². The zero-order valence-corrected chi connectivity index (χ0v) is 32.1. The van der Waals surface area contributed by atoms with Gasteiger partial charge in [-0.1, -0.05) is 30.3 Å². The lowest BCUT2D eigenvalue weighted by molar-refractivity contribution is -0.144. The minimum atomic E-state index is -0.775. The van der Waals surface area contributed by atoms with Gasteiger partial charge in [-0.25, -0.2) is 5.84 Å². The lowest BCUT2D eigenvalue weighted by Gasteiger charge is -2.23. The van der Waals surface area contributed by atoms with Gasteiger partial charge in [0.25, 0.3) is 5.91 Å². The van der Waals surface area contributed by atoms with E-state index in [2.05, 4.69) is 46.1 Å². The normalized spacial score (nSPS) is 17.2. The molecule has 3 aliphatic rings. The highest BCUT2D eigenvalue weighted by atomic mass is 16.5. The number of hydrogen-bond acceptors (Lipinski definition) is 12. The number of likely N-dealkylation sites (tertiary alicyclic amines) is 1. The molecule has 3 aliphatic heterocycles. The number of ketones is 1. The molecule has 2 saturated heterocycles. The highest BCUT2D eigenvalue weighted by molar-refractivity contribution is 6.38. The lowest BCUT2D eigenvalue weighted by Crippen LogP contribution is -2.48. The molecular weight excluding hydrogens is 694 g/mol. The van der Waals surface area contributed by atoms with Gasteiger partial charge in [-0.05, 0) is 81.0 Å². The number of aryl methyl sites for hydroxylation is 1. The SMILES string of the molecule is CC1CCC(=O)N1.CC=O.CN1Cc2cccc(CN(N)/C=C(\N)CN)c2C1.COc1cc(CNC(=O)C(=O)C2CCCN2C(=O)CNC=O)ccc1C. The quantitative estimate of drug-likeness (QED) is 0.0753. The van der Waals surface area contributed by atoms with Crippen LogP contribution < -0.4 is 38.0 Å². The molecular formula is C38H57N9O7. The van der Waals surface area contributed by atoms with Gasteiger partial charge >= 0.3 is 0 Å². The van der Waals surface area contributed by atoms with Gasteiger partial charge < -0.3 is 46.9 Å². The Kier molecular flexibility index (Phi) is 19.4. The van der Waals surface area contributed by atoms with E-state index < -0.39 is 17.7 Å². The van der Waals surface area contributed by atoms with Crippen molar-refractivity contribution in [2.45, 2.75) is 84.7 Å². The summed E-state index contributed by atoms with van der Waals surface area (Å²) in [6.07, 6.45) is 5.69. The van der Waals surface area contributed by atoms with E-state index in [1.165, 1.54) is 28.5 Å². The summed E-state index contributed by atoms with van der Waals surface area (Å²) in [6, 6.07) is 11.5. The van der Waals surface area contributed by atoms with Gasteiger partial charge in [0.2, 0.25) is 24.0 Å². The molecule has 4 amide bonds. The number of methoxy groups -OCH3 is 1. The Balaban J connectivity index is 0.000000308. The third-order valence-electron chi connectivity index (χ3n) is 8.73. The fourth-order valence-corrected chi connectivity index (χ4v) is 6.04. The Hall–Kier alpha value is -5.32. The van der Waals surface area contributed by atoms with E-state index in [9.17, 15) is 24.0 Å². The number of benzene rings is 2. The fraction of sp³-hybridized carbons (Fsp3) is 0.474. The predicted octanol–water partition coefficient (Wildman–Crippen LogP) is 0.483. The lowest BCUT2D eigenvalue weighted by atomic mass is 10.0. The van der Waals surface area contributed by atoms with Crippen molar-refractivity contribution in [3.63, 3.8) is 0 Å². The summed E-state index contributed by atoms with van der Waals surface area (Å²) in [5.74, 6) is 5.09. The number of carbonyl (C=O) groups excluding carboxylic acids is 6. The topological polar surface area (TPSA) is 236 Å². The van der Waals surface area contributed by atoms with Gasteiger partial charge in [0.05, 0.1) is 20.2 Å². The molecule has 0 saturated carbocycles. The molecule has 3 heterocycles. The van der Waals surface area contributed by atoms with Gasteiger partial charge in [-0.3, -0.25) is 28.9 Å². The molecule has 296 valence electrons. The summed E-state index contributed by atoms with van der Waals surface area (Å²) >= 11 is 0. The van der Waals surface area contributed by atoms with Crippen LogP contribution in [-0.4, -0.2) is 96.9 Å². The third kappa shape index (κ3) is 14.6. The van der Waals surface area contributed by atoms with E-state index >= 15 is 0 Å². The molecule has 0 aromatic heterocycles. The van der Waals surface area contributed by atoms with E-state index in [0.29, 0.717) is 56.4 Å². The first kappa shape index (κ1) is 44.8. The first-order valence-corrected chi connectivity index (χ1v) is 17.8. The Bertz CT molecular complexity index is 1620. The highest BCUT2D eigenvalue weighted by Gasteiger charge is 2.36. The van der Waals surface area contributed by atoms with Crippen molar-refractivity contribution in [2.75, 3.05) is 33.8 Å². The molecule has 0 aliphatic carbocycles. The molecule has 16 nitrogen and oxygen atoms in total. The largest absolute Gasteiger partial charge is 0.496 e. The van der Waals surface area contributed by atoms with Crippen molar-refractivity contribution < 1.29 is 33.5 Å². The van der Waals surface area contributed by atoms with Crippen molar-refractivity contribution in [3.05, 3.63) is 76.1 Å². The maximum atomic E-state index is 12.4. The van der Waals surface area contributed by atoms with Gasteiger partial charge in [0.1, 0.15) is 18.1 Å². The molecule has 2 aromatic carbocycles. The molecule has 5 rings (SSSR count). The minimum absolute atomic E-state index is 0.182. The number of ether oxygens (including phenoxy) is 1. The number of fused-ring (bicyclic) bond motifs is 1. The van der Waals surface area contributed by atoms with Crippen molar-refractivity contribution >= 4 is 36.2 Å². The van der Waals surface area contributed by atoms with Crippen LogP contribution in [0.2, 0.25) is 0 Å². The zero-order chi connectivity index (χ0) is 40.2. The summed E-state index contributed by atoms with van der Waals surface area (Å²) in [7, 11) is 3.69. The predicted molar refractivity (Wildman–Crippen MR) is 205 cm³/mol. The number of hydrogen-bond donors (Lipinski definition) is 6. The summed E-state index contributed by atoms with van der Waals surface area (Å²) in [6.45, 7) is 8.75. The van der Waals surface area contributed by atoms with E-state index in [-0.39, 0.29) is 24.9 Å². The van der Waals surface area contributed by atoms with Gasteiger partial charge in [-0.15, -0.1) is 0 Å². The van der Waals surface area contributed by atoms with Gasteiger partial charge in [-0.2, -0.15) is 0 Å². The minimum Gasteiger partial charge on any atom is -0.496 e. The molecule has 2 aromatic rings. The number of hydrazine groups is 1. The number of nitrogens with one attached hydrogen (secondary N) is 3. The molecule has 54 heavy (non-hydrogen) atoms. The van der Waals surface area contributed by atoms with Crippen LogP contribution in [0.4, 0.5) is 0 Å². The number of Topliss-reactive ketones (excluding diaryl/α,β-unsaturated/α-hetero) is 1. The van der Waals surface area contributed by atoms with Crippen molar-refractivity contribution in [3.8, 4) is 5.75 Å². The zero-order valence-electron chi connectivity index (χ0n) is 32.1. The standard InChI is InChI=1S/C18H23N3O5.C13H21N5.C5H9NO.C2H4O/c1-12-5-6-13(8-15(12)26-2)9-20-18(25)17(24)14-4-3-7-21(14)16(23)10-19-11-22;1-17-6-10-3-2-4-11(13(10)9-17)7-18(16)8-12(15)5-14;1-4-2-3-5(7)6-4;1-2-3/h5-6,8,11,14H,3-4,7,9-10H2,1-2H3,(H,19,22)(H,20,25);2-4,8H,5-7,9,14-16H2,1H3;4H,2-3H2,1H3,(H,6,7);2H,1H3/b;12-8-;;. The number of nitrogens with two attached hydrogens (primary N) is 3. The first-order chi connectivity index (χ1) is 25.8. The van der Waals surface area contributed by atoms with E-state index in [0.717, 1.165) is 43.3 Å². The van der Waals surface area contributed by atoms with Crippen LogP contribution in [0.25, 0.3) is 0 Å². The second kappa shape index (κ2) is 23.4. The number of aldehydes is 1. The summed E-state index contributed by atoms with van der Waals surface area (Å²) in [5, 5.41) is 9.25. The first-order valence-electron chi connectivity index (χ1n) is 17.8. The highest BCUT2D eigenvalue weighted by Crippen LogP contribution is 2.25. The molecule has 2 fully saturated rings. The molecule has 0 bridgehead atoms. The van der Waals surface area contributed by atoms with E-state index in [4.69, 9.17) is 26.8 Å². The number of carbonyl (C=O) groups is 6. The van der Waals surface area contributed by atoms with Gasteiger partial charge in [0, 0.05) is 57.1 Å². The van der Waals surface area contributed by atoms with Crippen LogP contribution in [0, 0.1) is 6.92 Å². The second-order valence-electron chi connectivity index (χ2n) is 13.1. The second-order valence-corrected chi connectivity index (χ2v) is 13.1. The van der Waals surface area contributed by atoms with Crippen LogP contribution >= 0.6 is 0 Å². The maximum Gasteiger partial charge on any atom is 0.289 e. The Labute approximate surface area is 317 Å². The van der Waals surface area contributed by atoms with Crippen LogP contribution in [0.3, 0.4) is 0 Å². The van der Waals surface area contributed by atoms with Crippen LogP contribution in [-0.2, 0) is 54.9 Å². The monoisotopic (exact) mass is 751 g/mol.